The summed E-state index contributed by atoms with van der Waals surface area (Å²) in [6.07, 6.45) is 3.89. The average molecular weight is 272 g/mol. The summed E-state index contributed by atoms with van der Waals surface area (Å²) in [4.78, 5) is 20.4. The van der Waals surface area contributed by atoms with Gasteiger partial charge in [0.05, 0.1) is 14.4 Å². The Morgan fingerprint density at radius 1 is 1.36 bits per heavy atom. The monoisotopic (exact) mass is 271 g/mol. The predicted molar refractivity (Wildman–Crippen MR) is 46.9 cm³/mol. The summed E-state index contributed by atoms with van der Waals surface area (Å²) in [6.45, 7) is 4.07. The second-order valence-electron chi connectivity index (χ2n) is 3.16. The van der Waals surface area contributed by atoms with E-state index in [0.717, 1.165) is 25.7 Å². The topological polar surface area (TPSA) is 72.4 Å². The molecule has 0 saturated heterocycles. The van der Waals surface area contributed by atoms with Gasteiger partial charge in [-0.3, -0.25) is 0 Å². The Bertz CT molecular complexity index is 171. The van der Waals surface area contributed by atoms with Crippen molar-refractivity contribution in [2.24, 2.45) is 5.92 Å². The van der Waals surface area contributed by atoms with Gasteiger partial charge >= 0.3 is 17.1 Å². The van der Waals surface area contributed by atoms with Crippen LogP contribution < -0.4 is 9.79 Å². The Hall–Kier alpha value is 0.629. The first kappa shape index (κ1) is 17.0. The molecule has 0 aliphatic heterocycles. The van der Waals surface area contributed by atoms with Crippen LogP contribution in [-0.4, -0.2) is 6.61 Å². The molecule has 4 nitrogen and oxygen atoms in total. The fourth-order valence-electron chi connectivity index (χ4n) is 1.09. The molecule has 0 bridgehead atoms. The third-order valence-corrected chi connectivity index (χ3v) is 2.48. The molecule has 0 aromatic rings. The van der Waals surface area contributed by atoms with Gasteiger partial charge in [-0.25, -0.2) is 0 Å². The van der Waals surface area contributed by atoms with Gasteiger partial charge in [0.15, 0.2) is 0 Å². The molecule has 14 heavy (non-hydrogen) atoms. The Balaban J connectivity index is 0. The van der Waals surface area contributed by atoms with Crippen molar-refractivity contribution in [1.82, 2.24) is 0 Å². The smallest absolute Gasteiger partial charge is 0.790 e. The molecule has 0 aliphatic rings. The van der Waals surface area contributed by atoms with E-state index in [1.165, 1.54) is 0 Å². The molecule has 0 heterocycles. The summed E-state index contributed by atoms with van der Waals surface area (Å²) in [5.74, 6) is 0.191. The van der Waals surface area contributed by atoms with E-state index in [1.54, 1.807) is 0 Å². The summed E-state index contributed by atoms with van der Waals surface area (Å²) in [7, 11) is -4.76. The van der Waals surface area contributed by atoms with E-state index in [-0.39, 0.29) is 29.6 Å². The van der Waals surface area contributed by atoms with Gasteiger partial charge in [0.1, 0.15) is 0 Å². The molecule has 0 amide bonds. The van der Waals surface area contributed by atoms with Crippen LogP contribution in [-0.2, 0) is 26.2 Å². The first-order valence-corrected chi connectivity index (χ1v) is 6.12. The molecule has 0 fully saturated rings. The van der Waals surface area contributed by atoms with Crippen molar-refractivity contribution in [2.75, 3.05) is 6.61 Å². The predicted octanol–water partition coefficient (Wildman–Crippen LogP) is 1.05. The van der Waals surface area contributed by atoms with Crippen LogP contribution in [0.3, 0.4) is 0 Å². The molecule has 1 unspecified atom stereocenters. The summed E-state index contributed by atoms with van der Waals surface area (Å²) in [5.41, 5.74) is 0. The zero-order valence-electron chi connectivity index (χ0n) is 8.49. The minimum Gasteiger partial charge on any atom is -0.790 e. The van der Waals surface area contributed by atoms with Gasteiger partial charge in [0.25, 0.3) is 0 Å². The van der Waals surface area contributed by atoms with Crippen LogP contribution >= 0.6 is 7.82 Å². The molecule has 1 radical (unpaired) electrons. The van der Waals surface area contributed by atoms with Gasteiger partial charge in [0, 0.05) is 0 Å². The Labute approximate surface area is 96.1 Å². The summed E-state index contributed by atoms with van der Waals surface area (Å²) >= 11 is 0. The van der Waals surface area contributed by atoms with Crippen molar-refractivity contribution >= 4 is 7.82 Å². The van der Waals surface area contributed by atoms with Gasteiger partial charge < -0.3 is 18.9 Å². The number of hydrogen-bond donors (Lipinski definition) is 0. The third-order valence-electron chi connectivity index (χ3n) is 2.01. The van der Waals surface area contributed by atoms with Gasteiger partial charge in [0.2, 0.25) is 0 Å². The standard InChI is InChI=1S/C8H19O4P.Cu/c1-3-5-6-8(4-2)7-12-13(9,10)11;/h8H,3-7H2,1-2H3,(H2,9,10,11);/q;+2/p-2. The number of phosphoric ester groups is 1. The van der Waals surface area contributed by atoms with Crippen LogP contribution in [0.4, 0.5) is 0 Å². The fourth-order valence-corrected chi connectivity index (χ4v) is 1.49. The Kier molecular flexibility index (Phi) is 10.8. The first-order chi connectivity index (χ1) is 5.99. The van der Waals surface area contributed by atoms with E-state index < -0.39 is 7.82 Å². The van der Waals surface area contributed by atoms with Crippen molar-refractivity contribution in [1.29, 1.82) is 0 Å². The molecule has 0 N–H and O–H groups in total. The van der Waals surface area contributed by atoms with Crippen LogP contribution in [0.15, 0.2) is 0 Å². The minimum absolute atomic E-state index is 0. The zero-order chi connectivity index (χ0) is 10.3. The second-order valence-corrected chi connectivity index (χ2v) is 4.31. The SMILES string of the molecule is CCCCC(CC)COP(=O)([O-])[O-].[Cu+2]. The Morgan fingerprint density at radius 2 is 1.93 bits per heavy atom. The van der Waals surface area contributed by atoms with E-state index in [9.17, 15) is 14.4 Å². The summed E-state index contributed by atoms with van der Waals surface area (Å²) in [6, 6.07) is 0. The molecule has 0 aromatic heterocycles. The molecule has 89 valence electrons. The maximum absolute atomic E-state index is 10.2. The number of phosphoric acid groups is 1. The Morgan fingerprint density at radius 3 is 2.29 bits per heavy atom. The molecule has 6 heteroatoms. The van der Waals surface area contributed by atoms with Crippen molar-refractivity contribution < 1.29 is 35.9 Å². The largest absolute Gasteiger partial charge is 2.00 e. The maximum atomic E-state index is 10.2. The van der Waals surface area contributed by atoms with Crippen LogP contribution in [0.2, 0.25) is 0 Å². The van der Waals surface area contributed by atoms with Gasteiger partial charge in [-0.15, -0.1) is 0 Å². The van der Waals surface area contributed by atoms with E-state index in [0.29, 0.717) is 0 Å². The van der Waals surface area contributed by atoms with E-state index >= 15 is 0 Å². The van der Waals surface area contributed by atoms with Gasteiger partial charge in [-0.2, -0.15) is 0 Å². The van der Waals surface area contributed by atoms with Gasteiger partial charge in [-0.05, 0) is 12.3 Å². The normalized spacial score (nSPS) is 13.4. The van der Waals surface area contributed by atoms with Crippen molar-refractivity contribution in [3.8, 4) is 0 Å². The molecular formula is C8H17CuO4P. The molecule has 0 aromatic carbocycles. The summed E-state index contributed by atoms with van der Waals surface area (Å²) in [5, 5.41) is 0. The first-order valence-electron chi connectivity index (χ1n) is 4.66. The van der Waals surface area contributed by atoms with Crippen molar-refractivity contribution in [2.45, 2.75) is 39.5 Å². The third kappa shape index (κ3) is 10.7. The van der Waals surface area contributed by atoms with E-state index in [1.807, 2.05) is 6.92 Å². The quantitative estimate of drug-likeness (QED) is 0.512. The molecule has 0 spiro atoms. The molecule has 0 rings (SSSR count). The number of unbranched alkanes of at least 4 members (excludes halogenated alkanes) is 1. The van der Waals surface area contributed by atoms with Crippen molar-refractivity contribution in [3.63, 3.8) is 0 Å². The summed E-state index contributed by atoms with van der Waals surface area (Å²) < 4.78 is 14.4. The molecular weight excluding hydrogens is 255 g/mol. The van der Waals surface area contributed by atoms with Crippen LogP contribution in [0.5, 0.6) is 0 Å². The minimum atomic E-state index is -4.76. The fraction of sp³-hybridized carbons (Fsp3) is 1.00. The molecule has 0 saturated carbocycles. The van der Waals surface area contributed by atoms with E-state index in [2.05, 4.69) is 11.4 Å². The number of hydrogen-bond acceptors (Lipinski definition) is 4. The maximum Gasteiger partial charge on any atom is 2.00 e. The van der Waals surface area contributed by atoms with Crippen LogP contribution in [0, 0.1) is 5.92 Å². The van der Waals surface area contributed by atoms with Gasteiger partial charge in [-0.1, -0.05) is 33.1 Å². The van der Waals surface area contributed by atoms with E-state index in [4.69, 9.17) is 0 Å². The number of rotatable bonds is 7. The zero-order valence-corrected chi connectivity index (χ0v) is 10.3. The molecule has 1 atom stereocenters. The average Bonchev–Trinajstić information content (AvgIpc) is 2.03. The van der Waals surface area contributed by atoms with Crippen molar-refractivity contribution in [3.05, 3.63) is 0 Å². The second kappa shape index (κ2) is 8.90. The van der Waals surface area contributed by atoms with Crippen LogP contribution in [0.1, 0.15) is 39.5 Å². The molecule has 0 aliphatic carbocycles. The van der Waals surface area contributed by atoms with Crippen LogP contribution in [0.25, 0.3) is 0 Å².